The van der Waals surface area contributed by atoms with Gasteiger partial charge in [0.2, 0.25) is 0 Å². The van der Waals surface area contributed by atoms with Crippen LogP contribution in [0.5, 0.6) is 0 Å². The van der Waals surface area contributed by atoms with Gasteiger partial charge in [0.1, 0.15) is 0 Å². The highest BCUT2D eigenvalue weighted by molar-refractivity contribution is 6.03. The molecule has 0 saturated heterocycles. The molecule has 1 heterocycles. The number of benzene rings is 2. The van der Waals surface area contributed by atoms with E-state index in [4.69, 9.17) is 0 Å². The average molecular weight is 320 g/mol. The van der Waals surface area contributed by atoms with E-state index in [0.29, 0.717) is 12.2 Å². The first kappa shape index (κ1) is 15.9. The number of nitrogens with one attached hydrogen (secondary N) is 1. The molecule has 1 amide bonds. The number of nitrogens with zero attached hydrogens (tertiary/aromatic N) is 3. The molecule has 0 aliphatic carbocycles. The number of amides is 1. The lowest BCUT2D eigenvalue weighted by Crippen LogP contribution is -2.14. The zero-order chi connectivity index (χ0) is 17.1. The monoisotopic (exact) mass is 320 g/mol. The number of rotatable bonds is 4. The van der Waals surface area contributed by atoms with Crippen molar-refractivity contribution >= 4 is 11.6 Å². The third-order valence-electron chi connectivity index (χ3n) is 4.14. The van der Waals surface area contributed by atoms with Crippen LogP contribution in [0, 0.1) is 20.8 Å². The van der Waals surface area contributed by atoms with Gasteiger partial charge in [0.15, 0.2) is 5.69 Å². The van der Waals surface area contributed by atoms with Crippen LogP contribution in [0.2, 0.25) is 0 Å². The molecule has 5 heteroatoms. The van der Waals surface area contributed by atoms with E-state index in [2.05, 4.69) is 15.6 Å². The van der Waals surface area contributed by atoms with Gasteiger partial charge >= 0.3 is 0 Å². The normalized spacial score (nSPS) is 10.6. The second-order valence-corrected chi connectivity index (χ2v) is 5.92. The van der Waals surface area contributed by atoms with E-state index < -0.39 is 0 Å². The lowest BCUT2D eigenvalue weighted by molar-refractivity contribution is 0.102. The number of carbonyl (C=O) groups is 1. The largest absolute Gasteiger partial charge is 0.321 e. The van der Waals surface area contributed by atoms with Gasteiger partial charge in [-0.1, -0.05) is 41.6 Å². The van der Waals surface area contributed by atoms with Crippen molar-refractivity contribution in [1.82, 2.24) is 15.0 Å². The minimum Gasteiger partial charge on any atom is -0.321 e. The summed E-state index contributed by atoms with van der Waals surface area (Å²) in [6.07, 6.45) is 0. The molecule has 122 valence electrons. The number of aromatic nitrogens is 3. The summed E-state index contributed by atoms with van der Waals surface area (Å²) in [5.41, 5.74) is 5.31. The highest BCUT2D eigenvalue weighted by Crippen LogP contribution is 2.16. The van der Waals surface area contributed by atoms with Gasteiger partial charge < -0.3 is 5.32 Å². The molecule has 3 rings (SSSR count). The molecule has 0 radical (unpaired) electrons. The maximum Gasteiger partial charge on any atom is 0.278 e. The van der Waals surface area contributed by atoms with E-state index >= 15 is 0 Å². The standard InChI is InChI=1S/C19H20N4O/c1-13-9-10-17(11-14(13)2)20-19(24)18-15(3)23(22-21-18)12-16-7-5-4-6-8-16/h4-11H,12H2,1-3H3,(H,20,24). The second kappa shape index (κ2) is 6.66. The van der Waals surface area contributed by atoms with E-state index in [1.165, 1.54) is 5.56 Å². The first-order chi connectivity index (χ1) is 11.5. The zero-order valence-corrected chi connectivity index (χ0v) is 14.1. The van der Waals surface area contributed by atoms with Crippen LogP contribution in [0.3, 0.4) is 0 Å². The summed E-state index contributed by atoms with van der Waals surface area (Å²) in [5.74, 6) is -0.241. The van der Waals surface area contributed by atoms with Crippen molar-refractivity contribution in [2.45, 2.75) is 27.3 Å². The van der Waals surface area contributed by atoms with Gasteiger partial charge in [0.25, 0.3) is 5.91 Å². The summed E-state index contributed by atoms with van der Waals surface area (Å²) in [6.45, 7) is 6.52. The van der Waals surface area contributed by atoms with Crippen molar-refractivity contribution in [3.8, 4) is 0 Å². The van der Waals surface area contributed by atoms with Crippen LogP contribution in [0.1, 0.15) is 32.9 Å². The summed E-state index contributed by atoms with van der Waals surface area (Å²) in [7, 11) is 0. The van der Waals surface area contributed by atoms with Crippen LogP contribution in [-0.2, 0) is 6.54 Å². The van der Waals surface area contributed by atoms with Crippen molar-refractivity contribution in [2.24, 2.45) is 0 Å². The smallest absolute Gasteiger partial charge is 0.278 e. The van der Waals surface area contributed by atoms with E-state index in [1.807, 2.05) is 69.3 Å². The number of hydrogen-bond donors (Lipinski definition) is 1. The topological polar surface area (TPSA) is 59.8 Å². The Kier molecular flexibility index (Phi) is 4.42. The van der Waals surface area contributed by atoms with E-state index in [-0.39, 0.29) is 5.91 Å². The van der Waals surface area contributed by atoms with Crippen LogP contribution in [0.4, 0.5) is 5.69 Å². The molecule has 0 fully saturated rings. The highest BCUT2D eigenvalue weighted by Gasteiger charge is 2.17. The Morgan fingerprint density at radius 2 is 1.79 bits per heavy atom. The molecule has 0 unspecified atom stereocenters. The predicted molar refractivity (Wildman–Crippen MR) is 94.2 cm³/mol. The van der Waals surface area contributed by atoms with Crippen LogP contribution in [0.15, 0.2) is 48.5 Å². The van der Waals surface area contributed by atoms with Gasteiger partial charge in [0.05, 0.1) is 12.2 Å². The number of aryl methyl sites for hydroxylation is 2. The van der Waals surface area contributed by atoms with Gasteiger partial charge in [-0.15, -0.1) is 5.10 Å². The van der Waals surface area contributed by atoms with Crippen molar-refractivity contribution in [3.63, 3.8) is 0 Å². The van der Waals surface area contributed by atoms with Crippen molar-refractivity contribution < 1.29 is 4.79 Å². The first-order valence-corrected chi connectivity index (χ1v) is 7.87. The molecular weight excluding hydrogens is 300 g/mol. The molecule has 1 N–H and O–H groups in total. The predicted octanol–water partition coefficient (Wildman–Crippen LogP) is 3.50. The number of anilines is 1. The van der Waals surface area contributed by atoms with Crippen molar-refractivity contribution in [1.29, 1.82) is 0 Å². The molecule has 3 aromatic rings. The number of carbonyl (C=O) groups excluding carboxylic acids is 1. The van der Waals surface area contributed by atoms with Crippen molar-refractivity contribution in [3.05, 3.63) is 76.6 Å². The molecule has 0 bridgehead atoms. The Morgan fingerprint density at radius 3 is 2.50 bits per heavy atom. The fourth-order valence-electron chi connectivity index (χ4n) is 2.49. The Hall–Kier alpha value is -2.95. The van der Waals surface area contributed by atoms with E-state index in [0.717, 1.165) is 22.5 Å². The molecule has 0 aliphatic heterocycles. The van der Waals surface area contributed by atoms with Gasteiger partial charge in [-0.25, -0.2) is 4.68 Å². The Balaban J connectivity index is 1.77. The van der Waals surface area contributed by atoms with E-state index in [9.17, 15) is 4.79 Å². The summed E-state index contributed by atoms with van der Waals surface area (Å²) in [4.78, 5) is 12.5. The molecule has 0 atom stereocenters. The Bertz CT molecular complexity index is 868. The van der Waals surface area contributed by atoms with Crippen molar-refractivity contribution in [2.75, 3.05) is 5.32 Å². The second-order valence-electron chi connectivity index (χ2n) is 5.92. The lowest BCUT2D eigenvalue weighted by Gasteiger charge is -2.07. The molecule has 0 saturated carbocycles. The zero-order valence-electron chi connectivity index (χ0n) is 14.1. The minimum absolute atomic E-state index is 0.241. The third-order valence-corrected chi connectivity index (χ3v) is 4.14. The molecule has 0 spiro atoms. The molecule has 0 aliphatic rings. The number of hydrogen-bond acceptors (Lipinski definition) is 3. The van der Waals surface area contributed by atoms with Crippen LogP contribution < -0.4 is 5.32 Å². The summed E-state index contributed by atoms with van der Waals surface area (Å²) in [5, 5.41) is 11.0. The third kappa shape index (κ3) is 3.35. The first-order valence-electron chi connectivity index (χ1n) is 7.87. The minimum atomic E-state index is -0.241. The molecule has 2 aromatic carbocycles. The molecule has 24 heavy (non-hydrogen) atoms. The van der Waals surface area contributed by atoms with Crippen LogP contribution in [-0.4, -0.2) is 20.9 Å². The lowest BCUT2D eigenvalue weighted by atomic mass is 10.1. The van der Waals surface area contributed by atoms with E-state index in [1.54, 1.807) is 4.68 Å². The summed E-state index contributed by atoms with van der Waals surface area (Å²) < 4.78 is 1.74. The van der Waals surface area contributed by atoms with Gasteiger partial charge in [-0.2, -0.15) is 0 Å². The Labute approximate surface area is 141 Å². The van der Waals surface area contributed by atoms with Crippen LogP contribution in [0.25, 0.3) is 0 Å². The molecule has 1 aromatic heterocycles. The quantitative estimate of drug-likeness (QED) is 0.800. The Morgan fingerprint density at radius 1 is 1.04 bits per heavy atom. The maximum atomic E-state index is 12.5. The van der Waals surface area contributed by atoms with Gasteiger partial charge in [-0.05, 0) is 49.6 Å². The fraction of sp³-hybridized carbons (Fsp3) is 0.211. The average Bonchev–Trinajstić information content (AvgIpc) is 2.93. The molecule has 5 nitrogen and oxygen atoms in total. The summed E-state index contributed by atoms with van der Waals surface area (Å²) >= 11 is 0. The maximum absolute atomic E-state index is 12.5. The van der Waals surface area contributed by atoms with Gasteiger partial charge in [0, 0.05) is 5.69 Å². The highest BCUT2D eigenvalue weighted by atomic mass is 16.2. The SMILES string of the molecule is Cc1ccc(NC(=O)c2nnn(Cc3ccccc3)c2C)cc1C. The fourth-order valence-corrected chi connectivity index (χ4v) is 2.49. The summed E-state index contributed by atoms with van der Waals surface area (Å²) in [6, 6.07) is 15.8. The molecular formula is C19H20N4O. The van der Waals surface area contributed by atoms with Gasteiger partial charge in [-0.3, -0.25) is 4.79 Å². The van der Waals surface area contributed by atoms with Crippen LogP contribution >= 0.6 is 0 Å².